The molecule has 20 heavy (non-hydrogen) atoms. The Morgan fingerprint density at radius 3 is 2.75 bits per heavy atom. The van der Waals surface area contributed by atoms with Gasteiger partial charge in [-0.2, -0.15) is 0 Å². The van der Waals surface area contributed by atoms with Crippen LogP contribution in [0.1, 0.15) is 39.0 Å². The highest BCUT2D eigenvalue weighted by atomic mass is 16.5. The molecule has 4 nitrogen and oxygen atoms in total. The molecule has 0 aromatic heterocycles. The second kappa shape index (κ2) is 7.17. The fourth-order valence-corrected chi connectivity index (χ4v) is 2.83. The van der Waals surface area contributed by atoms with Gasteiger partial charge in [0.15, 0.2) is 6.61 Å². The molecule has 1 fully saturated rings. The Labute approximate surface area is 120 Å². The number of hydrogen-bond donors (Lipinski definition) is 2. The molecular formula is C16H24N2O2. The molecule has 0 aliphatic heterocycles. The van der Waals surface area contributed by atoms with Crippen molar-refractivity contribution >= 4 is 11.6 Å². The van der Waals surface area contributed by atoms with Crippen LogP contribution in [0.5, 0.6) is 5.75 Å². The number of amides is 1. The minimum Gasteiger partial charge on any atom is -0.484 e. The Bertz CT molecular complexity index is 431. The normalized spacial score (nSPS) is 22.2. The van der Waals surface area contributed by atoms with Crippen molar-refractivity contribution in [2.75, 3.05) is 11.9 Å². The maximum atomic E-state index is 10.6. The first-order chi connectivity index (χ1) is 9.67. The van der Waals surface area contributed by atoms with Gasteiger partial charge in [-0.15, -0.1) is 0 Å². The summed E-state index contributed by atoms with van der Waals surface area (Å²) in [6, 6.07) is 8.29. The molecule has 1 aliphatic rings. The van der Waals surface area contributed by atoms with Crippen molar-refractivity contribution in [2.24, 2.45) is 11.7 Å². The third-order valence-corrected chi connectivity index (χ3v) is 3.97. The van der Waals surface area contributed by atoms with Gasteiger partial charge < -0.3 is 15.8 Å². The average Bonchev–Trinajstić information content (AvgIpc) is 2.47. The van der Waals surface area contributed by atoms with Gasteiger partial charge in [0.1, 0.15) is 5.75 Å². The lowest BCUT2D eigenvalue weighted by Crippen LogP contribution is -2.27. The van der Waals surface area contributed by atoms with Crippen LogP contribution in [-0.4, -0.2) is 18.6 Å². The molecule has 0 spiro atoms. The molecular weight excluding hydrogens is 252 g/mol. The zero-order valence-electron chi connectivity index (χ0n) is 12.1. The van der Waals surface area contributed by atoms with Crippen molar-refractivity contribution in [1.82, 2.24) is 0 Å². The Morgan fingerprint density at radius 2 is 2.10 bits per heavy atom. The van der Waals surface area contributed by atoms with Crippen LogP contribution in [0.3, 0.4) is 0 Å². The fraction of sp³-hybridized carbons (Fsp3) is 0.562. The lowest BCUT2D eigenvalue weighted by Gasteiger charge is -2.29. The van der Waals surface area contributed by atoms with E-state index in [1.807, 2.05) is 24.3 Å². The van der Waals surface area contributed by atoms with Gasteiger partial charge in [0.25, 0.3) is 5.91 Å². The summed E-state index contributed by atoms with van der Waals surface area (Å²) in [7, 11) is 0. The third-order valence-electron chi connectivity index (χ3n) is 3.97. The highest BCUT2D eigenvalue weighted by molar-refractivity contribution is 5.75. The molecule has 1 saturated carbocycles. The van der Waals surface area contributed by atoms with E-state index in [4.69, 9.17) is 10.5 Å². The predicted molar refractivity (Wildman–Crippen MR) is 80.8 cm³/mol. The minimum absolute atomic E-state index is 0.0758. The summed E-state index contributed by atoms with van der Waals surface area (Å²) >= 11 is 0. The predicted octanol–water partition coefficient (Wildman–Crippen LogP) is 2.93. The van der Waals surface area contributed by atoms with Crippen LogP contribution in [0.25, 0.3) is 0 Å². The zero-order chi connectivity index (χ0) is 14.4. The summed E-state index contributed by atoms with van der Waals surface area (Å²) in [6.07, 6.45) is 6.47. The summed E-state index contributed by atoms with van der Waals surface area (Å²) < 4.78 is 5.24. The molecule has 1 aromatic carbocycles. The van der Waals surface area contributed by atoms with Crippen LogP contribution in [0.2, 0.25) is 0 Å². The highest BCUT2D eigenvalue weighted by Crippen LogP contribution is 2.29. The van der Waals surface area contributed by atoms with E-state index in [2.05, 4.69) is 12.2 Å². The maximum Gasteiger partial charge on any atom is 0.255 e. The van der Waals surface area contributed by atoms with Gasteiger partial charge in [0, 0.05) is 11.7 Å². The molecule has 110 valence electrons. The molecule has 0 heterocycles. The van der Waals surface area contributed by atoms with E-state index in [1.54, 1.807) is 0 Å². The SMILES string of the molecule is CCC1CCCC(Nc2ccc(OCC(N)=O)cc2)C1. The molecule has 2 rings (SSSR count). The van der Waals surface area contributed by atoms with Gasteiger partial charge in [-0.05, 0) is 43.0 Å². The van der Waals surface area contributed by atoms with Crippen molar-refractivity contribution in [3.8, 4) is 5.75 Å². The smallest absolute Gasteiger partial charge is 0.255 e. The second-order valence-electron chi connectivity index (χ2n) is 5.56. The first-order valence-electron chi connectivity index (χ1n) is 7.45. The van der Waals surface area contributed by atoms with Gasteiger partial charge in [-0.1, -0.05) is 26.2 Å². The number of nitrogens with two attached hydrogens (primary N) is 1. The number of anilines is 1. The monoisotopic (exact) mass is 276 g/mol. The largest absolute Gasteiger partial charge is 0.484 e. The van der Waals surface area contributed by atoms with Crippen LogP contribution in [0.4, 0.5) is 5.69 Å². The van der Waals surface area contributed by atoms with E-state index >= 15 is 0 Å². The summed E-state index contributed by atoms with van der Waals surface area (Å²) in [5.74, 6) is 1.07. The fourth-order valence-electron chi connectivity index (χ4n) is 2.83. The Hall–Kier alpha value is -1.71. The van der Waals surface area contributed by atoms with Crippen LogP contribution >= 0.6 is 0 Å². The number of carbonyl (C=O) groups is 1. The van der Waals surface area contributed by atoms with Crippen LogP contribution in [0.15, 0.2) is 24.3 Å². The maximum absolute atomic E-state index is 10.6. The highest BCUT2D eigenvalue weighted by Gasteiger charge is 2.20. The number of primary amides is 1. The van der Waals surface area contributed by atoms with Gasteiger partial charge in [-0.3, -0.25) is 4.79 Å². The molecule has 1 aliphatic carbocycles. The van der Waals surface area contributed by atoms with Crippen molar-refractivity contribution in [2.45, 2.75) is 45.1 Å². The lowest BCUT2D eigenvalue weighted by atomic mass is 9.84. The summed E-state index contributed by atoms with van der Waals surface area (Å²) in [5, 5.41) is 3.59. The molecule has 0 saturated heterocycles. The van der Waals surface area contributed by atoms with E-state index in [1.165, 1.54) is 32.1 Å². The number of carbonyl (C=O) groups excluding carboxylic acids is 1. The van der Waals surface area contributed by atoms with Crippen molar-refractivity contribution < 1.29 is 9.53 Å². The van der Waals surface area contributed by atoms with E-state index in [-0.39, 0.29) is 6.61 Å². The third kappa shape index (κ3) is 4.44. The molecule has 0 radical (unpaired) electrons. The minimum atomic E-state index is -0.458. The van der Waals surface area contributed by atoms with Gasteiger partial charge in [0.2, 0.25) is 0 Å². The van der Waals surface area contributed by atoms with Crippen molar-refractivity contribution in [1.29, 1.82) is 0 Å². The van der Waals surface area contributed by atoms with Gasteiger partial charge in [0.05, 0.1) is 0 Å². The molecule has 2 unspecified atom stereocenters. The quantitative estimate of drug-likeness (QED) is 0.839. The molecule has 1 aromatic rings. The van der Waals surface area contributed by atoms with Gasteiger partial charge in [-0.25, -0.2) is 0 Å². The Balaban J connectivity index is 1.85. The Kier molecular flexibility index (Phi) is 5.27. The van der Waals surface area contributed by atoms with E-state index in [0.29, 0.717) is 11.8 Å². The van der Waals surface area contributed by atoms with Crippen molar-refractivity contribution in [3.63, 3.8) is 0 Å². The zero-order valence-corrected chi connectivity index (χ0v) is 12.1. The number of nitrogens with one attached hydrogen (secondary N) is 1. The molecule has 3 N–H and O–H groups in total. The topological polar surface area (TPSA) is 64.3 Å². The van der Waals surface area contributed by atoms with E-state index in [9.17, 15) is 4.79 Å². The molecule has 0 bridgehead atoms. The molecule has 1 amide bonds. The summed E-state index contributed by atoms with van der Waals surface area (Å²) in [6.45, 7) is 2.20. The van der Waals surface area contributed by atoms with E-state index in [0.717, 1.165) is 11.6 Å². The van der Waals surface area contributed by atoms with Crippen LogP contribution in [-0.2, 0) is 4.79 Å². The number of hydrogen-bond acceptors (Lipinski definition) is 3. The molecule has 2 atom stereocenters. The summed E-state index contributed by atoms with van der Waals surface area (Å²) in [5.41, 5.74) is 6.15. The van der Waals surface area contributed by atoms with Crippen LogP contribution in [0, 0.1) is 5.92 Å². The van der Waals surface area contributed by atoms with E-state index < -0.39 is 5.91 Å². The number of rotatable bonds is 6. The lowest BCUT2D eigenvalue weighted by molar-refractivity contribution is -0.119. The van der Waals surface area contributed by atoms with Crippen LogP contribution < -0.4 is 15.8 Å². The first-order valence-corrected chi connectivity index (χ1v) is 7.45. The average molecular weight is 276 g/mol. The van der Waals surface area contributed by atoms with Gasteiger partial charge >= 0.3 is 0 Å². The number of ether oxygens (including phenoxy) is 1. The summed E-state index contributed by atoms with van der Waals surface area (Å²) in [4.78, 5) is 10.6. The Morgan fingerprint density at radius 1 is 1.35 bits per heavy atom. The molecule has 4 heteroatoms. The van der Waals surface area contributed by atoms with Crippen molar-refractivity contribution in [3.05, 3.63) is 24.3 Å². The first kappa shape index (κ1) is 14.7. The standard InChI is InChI=1S/C16H24N2O2/c1-2-12-4-3-5-14(10-12)18-13-6-8-15(9-7-13)20-11-16(17)19/h6-9,12,14,18H,2-5,10-11H2,1H3,(H2,17,19). The number of benzene rings is 1. The second-order valence-corrected chi connectivity index (χ2v) is 5.56.